The minimum absolute atomic E-state index is 0.291. The summed E-state index contributed by atoms with van der Waals surface area (Å²) >= 11 is 0. The topological polar surface area (TPSA) is 29.5 Å². The van der Waals surface area contributed by atoms with Gasteiger partial charge in [0.15, 0.2) is 0 Å². The van der Waals surface area contributed by atoms with E-state index in [9.17, 15) is 4.79 Å². The van der Waals surface area contributed by atoms with Crippen molar-refractivity contribution in [1.29, 1.82) is 0 Å². The van der Waals surface area contributed by atoms with Crippen molar-refractivity contribution in [2.24, 2.45) is 0 Å². The number of carbonyl (C=O) groups excluding carboxylic acids is 1. The van der Waals surface area contributed by atoms with E-state index in [0.717, 1.165) is 26.1 Å². The van der Waals surface area contributed by atoms with E-state index in [-0.39, 0.29) is 0 Å². The highest BCUT2D eigenvalue weighted by Crippen LogP contribution is 2.11. The van der Waals surface area contributed by atoms with Crippen LogP contribution in [0.15, 0.2) is 0 Å². The first kappa shape index (κ1) is 11.7. The first-order valence-corrected chi connectivity index (χ1v) is 5.45. The van der Waals surface area contributed by atoms with E-state index in [0.29, 0.717) is 24.4 Å². The first-order valence-electron chi connectivity index (χ1n) is 5.45. The highest BCUT2D eigenvalue weighted by Gasteiger charge is 2.21. The summed E-state index contributed by atoms with van der Waals surface area (Å²) in [6, 6.07) is 0. The van der Waals surface area contributed by atoms with E-state index in [4.69, 9.17) is 4.74 Å². The summed E-state index contributed by atoms with van der Waals surface area (Å²) in [4.78, 5) is 13.2. The molecule has 0 saturated carbocycles. The second kappa shape index (κ2) is 5.47. The lowest BCUT2D eigenvalue weighted by Crippen LogP contribution is -2.45. The quantitative estimate of drug-likeness (QED) is 0.686. The Bertz CT molecular complexity index is 184. The maximum Gasteiger partial charge on any atom is 0.129 e. The molecule has 0 bridgehead atoms. The highest BCUT2D eigenvalue weighted by atomic mass is 16.5. The molecule has 0 spiro atoms. The SMILES string of the molecule is CC(=O)CCCN1C[C@@H](C)O[C@@H](C)C1. The zero-order valence-electron chi connectivity index (χ0n) is 9.45. The van der Waals surface area contributed by atoms with Crippen LogP contribution >= 0.6 is 0 Å². The van der Waals surface area contributed by atoms with Crippen LogP contribution in [0, 0.1) is 0 Å². The Morgan fingerprint density at radius 1 is 1.36 bits per heavy atom. The Balaban J connectivity index is 2.20. The molecule has 0 N–H and O–H groups in total. The summed E-state index contributed by atoms with van der Waals surface area (Å²) in [6.07, 6.45) is 2.35. The minimum atomic E-state index is 0.291. The lowest BCUT2D eigenvalue weighted by molar-refractivity contribution is -0.117. The number of carbonyl (C=O) groups is 1. The van der Waals surface area contributed by atoms with Crippen molar-refractivity contribution < 1.29 is 9.53 Å². The maximum absolute atomic E-state index is 10.8. The molecule has 3 nitrogen and oxygen atoms in total. The fraction of sp³-hybridized carbons (Fsp3) is 0.909. The number of hydrogen-bond acceptors (Lipinski definition) is 3. The van der Waals surface area contributed by atoms with E-state index >= 15 is 0 Å². The van der Waals surface area contributed by atoms with Gasteiger partial charge in [-0.3, -0.25) is 4.90 Å². The molecule has 1 fully saturated rings. The van der Waals surface area contributed by atoms with Crippen LogP contribution in [0.2, 0.25) is 0 Å². The fourth-order valence-electron chi connectivity index (χ4n) is 2.02. The summed E-state index contributed by atoms with van der Waals surface area (Å²) in [6.45, 7) is 8.90. The predicted molar refractivity (Wildman–Crippen MR) is 56.4 cm³/mol. The molecule has 14 heavy (non-hydrogen) atoms. The lowest BCUT2D eigenvalue weighted by atomic mass is 10.2. The van der Waals surface area contributed by atoms with Crippen LogP contribution in [-0.4, -0.2) is 42.5 Å². The van der Waals surface area contributed by atoms with Crippen molar-refractivity contribution in [3.8, 4) is 0 Å². The van der Waals surface area contributed by atoms with Crippen LogP contribution in [0.1, 0.15) is 33.6 Å². The average Bonchev–Trinajstić information content (AvgIpc) is 2.01. The maximum atomic E-state index is 10.8. The summed E-state index contributed by atoms with van der Waals surface area (Å²) in [5.74, 6) is 0.291. The molecule has 0 aliphatic carbocycles. The van der Waals surface area contributed by atoms with Gasteiger partial charge in [-0.05, 0) is 33.7 Å². The van der Waals surface area contributed by atoms with Gasteiger partial charge in [-0.15, -0.1) is 0 Å². The zero-order chi connectivity index (χ0) is 10.6. The van der Waals surface area contributed by atoms with Gasteiger partial charge < -0.3 is 9.53 Å². The molecule has 0 aromatic rings. The molecule has 2 atom stereocenters. The van der Waals surface area contributed by atoms with Gasteiger partial charge in [0, 0.05) is 19.5 Å². The second-order valence-electron chi connectivity index (χ2n) is 4.32. The van der Waals surface area contributed by atoms with Crippen LogP contribution in [0.5, 0.6) is 0 Å². The van der Waals surface area contributed by atoms with Gasteiger partial charge in [0.05, 0.1) is 12.2 Å². The molecule has 0 unspecified atom stereocenters. The molecule has 1 heterocycles. The van der Waals surface area contributed by atoms with Crippen molar-refractivity contribution in [3.05, 3.63) is 0 Å². The Kier molecular flexibility index (Phi) is 4.55. The van der Waals surface area contributed by atoms with Crippen molar-refractivity contribution in [1.82, 2.24) is 4.90 Å². The van der Waals surface area contributed by atoms with Gasteiger partial charge >= 0.3 is 0 Å². The predicted octanol–water partition coefficient (Wildman–Crippen LogP) is 1.46. The molecule has 1 saturated heterocycles. The van der Waals surface area contributed by atoms with Crippen LogP contribution < -0.4 is 0 Å². The fourth-order valence-corrected chi connectivity index (χ4v) is 2.02. The third-order valence-corrected chi connectivity index (χ3v) is 2.50. The molecule has 0 aromatic carbocycles. The third-order valence-electron chi connectivity index (χ3n) is 2.50. The Hall–Kier alpha value is -0.410. The van der Waals surface area contributed by atoms with Gasteiger partial charge in [-0.25, -0.2) is 0 Å². The Labute approximate surface area is 86.4 Å². The Morgan fingerprint density at radius 2 is 1.93 bits per heavy atom. The number of Topliss-reactive ketones (excluding diaryl/α,β-unsaturated/α-hetero) is 1. The molecule has 1 aliphatic heterocycles. The van der Waals surface area contributed by atoms with Gasteiger partial charge in [0.25, 0.3) is 0 Å². The van der Waals surface area contributed by atoms with E-state index < -0.39 is 0 Å². The molecule has 0 aromatic heterocycles. The van der Waals surface area contributed by atoms with Gasteiger partial charge in [0.2, 0.25) is 0 Å². The van der Waals surface area contributed by atoms with Crippen LogP contribution in [-0.2, 0) is 9.53 Å². The normalized spacial score (nSPS) is 29.1. The molecule has 1 aliphatic rings. The van der Waals surface area contributed by atoms with E-state index in [2.05, 4.69) is 18.7 Å². The van der Waals surface area contributed by atoms with E-state index in [1.165, 1.54) is 0 Å². The Morgan fingerprint density at radius 3 is 2.43 bits per heavy atom. The zero-order valence-corrected chi connectivity index (χ0v) is 9.45. The van der Waals surface area contributed by atoms with Crippen molar-refractivity contribution in [2.45, 2.75) is 45.8 Å². The molecule has 3 heteroatoms. The van der Waals surface area contributed by atoms with Crippen LogP contribution in [0.25, 0.3) is 0 Å². The molecule has 0 radical (unpaired) electrons. The smallest absolute Gasteiger partial charge is 0.129 e. The number of hydrogen-bond donors (Lipinski definition) is 0. The third kappa shape index (κ3) is 4.20. The molecule has 0 amide bonds. The van der Waals surface area contributed by atoms with Crippen LogP contribution in [0.3, 0.4) is 0 Å². The molecule has 1 rings (SSSR count). The van der Waals surface area contributed by atoms with Gasteiger partial charge in [-0.1, -0.05) is 0 Å². The summed E-state index contributed by atoms with van der Waals surface area (Å²) in [5.41, 5.74) is 0. The van der Waals surface area contributed by atoms with Gasteiger partial charge in [0.1, 0.15) is 5.78 Å². The molecular formula is C11H21NO2. The van der Waals surface area contributed by atoms with Crippen molar-refractivity contribution in [3.63, 3.8) is 0 Å². The standard InChI is InChI=1S/C11H21NO2/c1-9(13)5-4-6-12-7-10(2)14-11(3)8-12/h10-11H,4-8H2,1-3H3/t10-,11+. The first-order chi connectivity index (χ1) is 6.58. The highest BCUT2D eigenvalue weighted by molar-refractivity contribution is 5.75. The van der Waals surface area contributed by atoms with Crippen LogP contribution in [0.4, 0.5) is 0 Å². The summed E-state index contributed by atoms with van der Waals surface area (Å²) < 4.78 is 5.64. The number of nitrogens with zero attached hydrogens (tertiary/aromatic N) is 1. The number of ether oxygens (including phenoxy) is 1. The minimum Gasteiger partial charge on any atom is -0.373 e. The van der Waals surface area contributed by atoms with Crippen molar-refractivity contribution in [2.75, 3.05) is 19.6 Å². The van der Waals surface area contributed by atoms with E-state index in [1.807, 2.05) is 0 Å². The largest absolute Gasteiger partial charge is 0.373 e. The van der Waals surface area contributed by atoms with E-state index in [1.54, 1.807) is 6.92 Å². The molecule has 82 valence electrons. The molecular weight excluding hydrogens is 178 g/mol. The number of morpholine rings is 1. The number of rotatable bonds is 4. The lowest BCUT2D eigenvalue weighted by Gasteiger charge is -2.35. The average molecular weight is 199 g/mol. The van der Waals surface area contributed by atoms with Gasteiger partial charge in [-0.2, -0.15) is 0 Å². The summed E-state index contributed by atoms with van der Waals surface area (Å²) in [7, 11) is 0. The second-order valence-corrected chi connectivity index (χ2v) is 4.32. The van der Waals surface area contributed by atoms with Crippen molar-refractivity contribution >= 4 is 5.78 Å². The number of ketones is 1. The summed E-state index contributed by atoms with van der Waals surface area (Å²) in [5, 5.41) is 0. The monoisotopic (exact) mass is 199 g/mol.